The third-order valence-electron chi connectivity index (χ3n) is 1.84. The van der Waals surface area contributed by atoms with E-state index in [9.17, 15) is 10.1 Å². The van der Waals surface area contributed by atoms with Gasteiger partial charge in [0.15, 0.2) is 0 Å². The van der Waals surface area contributed by atoms with Crippen LogP contribution >= 0.6 is 15.9 Å². The van der Waals surface area contributed by atoms with Crippen LogP contribution in [-0.4, -0.2) is 22.9 Å². The maximum absolute atomic E-state index is 10.6. The van der Waals surface area contributed by atoms with Crippen LogP contribution in [0.15, 0.2) is 22.1 Å². The van der Waals surface area contributed by atoms with E-state index in [1.165, 1.54) is 0 Å². The van der Waals surface area contributed by atoms with E-state index in [-0.39, 0.29) is 17.9 Å². The molecule has 1 aliphatic rings. The van der Waals surface area contributed by atoms with Crippen molar-refractivity contribution in [2.45, 2.75) is 6.92 Å². The summed E-state index contributed by atoms with van der Waals surface area (Å²) in [5.41, 5.74) is 5.81. The van der Waals surface area contributed by atoms with E-state index >= 15 is 0 Å². The lowest BCUT2D eigenvalue weighted by Crippen LogP contribution is -2.29. The number of likely N-dealkylation sites (N-methyl/N-ethyl adjacent to an activating group) is 1. The minimum atomic E-state index is -0.438. The fourth-order valence-corrected chi connectivity index (χ4v) is 1.57. The number of nitro groups is 1. The monoisotopic (exact) mass is 247 g/mol. The summed E-state index contributed by atoms with van der Waals surface area (Å²) in [6.07, 6.45) is 1.77. The Balaban J connectivity index is 2.99. The fraction of sp³-hybridized carbons (Fsp3) is 0.429. The molecule has 0 aromatic heterocycles. The Kier molecular flexibility index (Phi) is 2.92. The molecule has 0 spiro atoms. The molecule has 13 heavy (non-hydrogen) atoms. The van der Waals surface area contributed by atoms with Gasteiger partial charge in [-0.1, -0.05) is 0 Å². The highest BCUT2D eigenvalue weighted by atomic mass is 79.9. The van der Waals surface area contributed by atoms with Crippen molar-refractivity contribution in [3.63, 3.8) is 0 Å². The van der Waals surface area contributed by atoms with Crippen molar-refractivity contribution in [2.24, 2.45) is 5.73 Å². The molecule has 1 aliphatic heterocycles. The Morgan fingerprint density at radius 1 is 1.85 bits per heavy atom. The van der Waals surface area contributed by atoms with Gasteiger partial charge in [0.05, 0.1) is 9.41 Å². The second-order valence-corrected chi connectivity index (χ2v) is 3.51. The number of rotatable bonds is 2. The number of hydrogen-bond acceptors (Lipinski definition) is 4. The number of halogens is 1. The van der Waals surface area contributed by atoms with Crippen molar-refractivity contribution in [3.05, 3.63) is 32.2 Å². The summed E-state index contributed by atoms with van der Waals surface area (Å²) in [7, 11) is 0. The van der Waals surface area contributed by atoms with Crippen molar-refractivity contribution in [1.82, 2.24) is 4.90 Å². The van der Waals surface area contributed by atoms with Crippen LogP contribution in [0.2, 0.25) is 0 Å². The van der Waals surface area contributed by atoms with Crippen LogP contribution in [0, 0.1) is 10.1 Å². The lowest BCUT2D eigenvalue weighted by Gasteiger charge is -2.21. The summed E-state index contributed by atoms with van der Waals surface area (Å²) in [6.45, 7) is 2.92. The van der Waals surface area contributed by atoms with E-state index in [0.29, 0.717) is 4.48 Å². The summed E-state index contributed by atoms with van der Waals surface area (Å²) in [5, 5.41) is 10.6. The third kappa shape index (κ3) is 2.00. The summed E-state index contributed by atoms with van der Waals surface area (Å²) in [5.74, 6) is 0. The minimum absolute atomic E-state index is 0.0521. The lowest BCUT2D eigenvalue weighted by atomic mass is 10.2. The van der Waals surface area contributed by atoms with Gasteiger partial charge in [-0.15, -0.1) is 0 Å². The van der Waals surface area contributed by atoms with Gasteiger partial charge < -0.3 is 10.6 Å². The Morgan fingerprint density at radius 2 is 2.46 bits per heavy atom. The van der Waals surface area contributed by atoms with Crippen molar-refractivity contribution >= 4 is 15.9 Å². The van der Waals surface area contributed by atoms with E-state index in [2.05, 4.69) is 15.9 Å². The van der Waals surface area contributed by atoms with Crippen molar-refractivity contribution in [3.8, 4) is 0 Å². The number of nitrogens with two attached hydrogens (primary N) is 1. The highest BCUT2D eigenvalue weighted by Gasteiger charge is 2.24. The Hall–Kier alpha value is -1.04. The van der Waals surface area contributed by atoms with Gasteiger partial charge in [-0.25, -0.2) is 0 Å². The average Bonchev–Trinajstić information content (AvgIpc) is 2.09. The summed E-state index contributed by atoms with van der Waals surface area (Å²) in [6, 6.07) is 0. The zero-order chi connectivity index (χ0) is 10.0. The van der Waals surface area contributed by atoms with Crippen molar-refractivity contribution in [2.75, 3.05) is 13.1 Å². The van der Waals surface area contributed by atoms with Gasteiger partial charge in [0.1, 0.15) is 12.2 Å². The standard InChI is InChI=1S/C7H10BrN3O2/c1-2-10-3-5(8)7(9)6(4-10)11(12)13/h3H,2,4,9H2,1H3. The molecule has 2 N–H and O–H groups in total. The maximum atomic E-state index is 10.6. The molecule has 1 rings (SSSR count). The van der Waals surface area contributed by atoms with Gasteiger partial charge in [-0.2, -0.15) is 0 Å². The molecule has 0 unspecified atom stereocenters. The highest BCUT2D eigenvalue weighted by Crippen LogP contribution is 2.22. The van der Waals surface area contributed by atoms with Gasteiger partial charge in [-0.05, 0) is 22.9 Å². The first kappa shape index (κ1) is 10.0. The molecule has 72 valence electrons. The van der Waals surface area contributed by atoms with E-state index in [0.717, 1.165) is 6.54 Å². The number of hydrogen-bond donors (Lipinski definition) is 1. The summed E-state index contributed by atoms with van der Waals surface area (Å²) in [4.78, 5) is 11.9. The average molecular weight is 248 g/mol. The van der Waals surface area contributed by atoms with Crippen molar-refractivity contribution in [1.29, 1.82) is 0 Å². The zero-order valence-electron chi connectivity index (χ0n) is 7.16. The summed E-state index contributed by atoms with van der Waals surface area (Å²) < 4.78 is 0.576. The predicted octanol–water partition coefficient (Wildman–Crippen LogP) is 1.01. The van der Waals surface area contributed by atoms with Gasteiger partial charge in [0, 0.05) is 12.7 Å². The van der Waals surface area contributed by atoms with Crippen molar-refractivity contribution < 1.29 is 4.92 Å². The molecular formula is C7H10BrN3O2. The van der Waals surface area contributed by atoms with Gasteiger partial charge in [0.2, 0.25) is 0 Å². The van der Waals surface area contributed by atoms with E-state index in [1.807, 2.05) is 11.8 Å². The first-order valence-corrected chi connectivity index (χ1v) is 4.60. The summed E-state index contributed by atoms with van der Waals surface area (Å²) >= 11 is 3.18. The van der Waals surface area contributed by atoms with Crippen LogP contribution in [0.25, 0.3) is 0 Å². The Labute approximate surface area is 84.2 Å². The number of allylic oxidation sites excluding steroid dienone is 1. The molecule has 0 aromatic rings. The van der Waals surface area contributed by atoms with E-state index in [4.69, 9.17) is 5.73 Å². The predicted molar refractivity (Wildman–Crippen MR) is 52.5 cm³/mol. The normalized spacial score (nSPS) is 17.4. The highest BCUT2D eigenvalue weighted by molar-refractivity contribution is 9.12. The van der Waals surface area contributed by atoms with Crippen LogP contribution < -0.4 is 5.73 Å². The second-order valence-electron chi connectivity index (χ2n) is 2.66. The second kappa shape index (κ2) is 3.78. The van der Waals surface area contributed by atoms with Crippen LogP contribution in [0.4, 0.5) is 0 Å². The molecule has 0 atom stereocenters. The number of nitrogens with zero attached hydrogens (tertiary/aromatic N) is 2. The molecule has 0 bridgehead atoms. The molecule has 0 fully saturated rings. The lowest BCUT2D eigenvalue weighted by molar-refractivity contribution is -0.429. The SMILES string of the molecule is CCN1C=C(Br)C(N)=C([N+](=O)[O-])C1. The molecule has 1 heterocycles. The molecule has 0 saturated heterocycles. The van der Waals surface area contributed by atoms with Gasteiger partial charge >= 0.3 is 0 Å². The molecule has 0 aromatic carbocycles. The molecule has 0 saturated carbocycles. The Bertz CT molecular complexity index is 298. The molecule has 0 radical (unpaired) electrons. The van der Waals surface area contributed by atoms with Gasteiger partial charge in [-0.3, -0.25) is 10.1 Å². The van der Waals surface area contributed by atoms with Crippen LogP contribution in [0.3, 0.4) is 0 Å². The van der Waals surface area contributed by atoms with Crippen LogP contribution in [0.5, 0.6) is 0 Å². The van der Waals surface area contributed by atoms with E-state index in [1.54, 1.807) is 6.20 Å². The maximum Gasteiger partial charge on any atom is 0.289 e. The van der Waals surface area contributed by atoms with Crippen LogP contribution in [-0.2, 0) is 0 Å². The van der Waals surface area contributed by atoms with Gasteiger partial charge in [0.25, 0.3) is 5.70 Å². The Morgan fingerprint density at radius 3 is 2.92 bits per heavy atom. The fourth-order valence-electron chi connectivity index (χ4n) is 1.05. The molecule has 5 nitrogen and oxygen atoms in total. The smallest absolute Gasteiger partial charge is 0.289 e. The molecule has 0 aliphatic carbocycles. The first-order chi connectivity index (χ1) is 6.06. The minimum Gasteiger partial charge on any atom is -0.392 e. The van der Waals surface area contributed by atoms with Crippen LogP contribution in [0.1, 0.15) is 6.92 Å². The molecule has 0 amide bonds. The quantitative estimate of drug-likeness (QED) is 0.584. The topological polar surface area (TPSA) is 72.4 Å². The first-order valence-electron chi connectivity index (χ1n) is 3.81. The molecule has 6 heteroatoms. The largest absolute Gasteiger partial charge is 0.392 e. The molecular weight excluding hydrogens is 238 g/mol. The van der Waals surface area contributed by atoms with E-state index < -0.39 is 4.92 Å². The zero-order valence-corrected chi connectivity index (χ0v) is 8.74. The third-order valence-corrected chi connectivity index (χ3v) is 2.48.